The molecular formula is C12H10BrClN2. The molecule has 0 atom stereocenters. The van der Waals surface area contributed by atoms with Crippen LogP contribution in [0.1, 0.15) is 5.69 Å². The fourth-order valence-electron chi connectivity index (χ4n) is 1.32. The van der Waals surface area contributed by atoms with Gasteiger partial charge in [-0.05, 0) is 30.3 Å². The topological polar surface area (TPSA) is 24.9 Å². The van der Waals surface area contributed by atoms with E-state index in [1.807, 2.05) is 36.4 Å². The van der Waals surface area contributed by atoms with Gasteiger partial charge in [0, 0.05) is 10.7 Å². The van der Waals surface area contributed by atoms with Gasteiger partial charge in [-0.1, -0.05) is 33.6 Å². The molecule has 1 heterocycles. The lowest BCUT2D eigenvalue weighted by Gasteiger charge is -2.08. The van der Waals surface area contributed by atoms with Gasteiger partial charge in [0.25, 0.3) is 0 Å². The SMILES string of the molecule is Clc1ccc(Br)cc1NCc1ccccn1. The van der Waals surface area contributed by atoms with E-state index in [1.54, 1.807) is 6.20 Å². The summed E-state index contributed by atoms with van der Waals surface area (Å²) < 4.78 is 1.00. The van der Waals surface area contributed by atoms with E-state index in [1.165, 1.54) is 0 Å². The van der Waals surface area contributed by atoms with Gasteiger partial charge in [-0.2, -0.15) is 0 Å². The van der Waals surface area contributed by atoms with Gasteiger partial charge >= 0.3 is 0 Å². The minimum Gasteiger partial charge on any atom is -0.378 e. The molecule has 0 radical (unpaired) electrons. The van der Waals surface area contributed by atoms with Crippen LogP contribution in [0.15, 0.2) is 47.1 Å². The molecule has 1 aromatic carbocycles. The summed E-state index contributed by atoms with van der Waals surface area (Å²) >= 11 is 9.47. The Balaban J connectivity index is 2.08. The largest absolute Gasteiger partial charge is 0.378 e. The van der Waals surface area contributed by atoms with Gasteiger partial charge in [0.2, 0.25) is 0 Å². The molecule has 0 fully saturated rings. The number of benzene rings is 1. The Morgan fingerprint density at radius 1 is 1.25 bits per heavy atom. The first-order chi connectivity index (χ1) is 7.75. The number of anilines is 1. The zero-order valence-electron chi connectivity index (χ0n) is 8.45. The fraction of sp³-hybridized carbons (Fsp3) is 0.0833. The van der Waals surface area contributed by atoms with Crippen LogP contribution in [-0.2, 0) is 6.54 Å². The van der Waals surface area contributed by atoms with E-state index in [0.717, 1.165) is 15.9 Å². The van der Waals surface area contributed by atoms with Crippen LogP contribution in [0.4, 0.5) is 5.69 Å². The van der Waals surface area contributed by atoms with Crippen LogP contribution in [0.3, 0.4) is 0 Å². The van der Waals surface area contributed by atoms with Gasteiger partial charge in [0.1, 0.15) is 0 Å². The van der Waals surface area contributed by atoms with Crippen molar-refractivity contribution in [3.05, 3.63) is 57.8 Å². The first-order valence-electron chi connectivity index (χ1n) is 4.84. The number of nitrogens with zero attached hydrogens (tertiary/aromatic N) is 1. The highest BCUT2D eigenvalue weighted by atomic mass is 79.9. The molecule has 0 saturated heterocycles. The molecule has 0 saturated carbocycles. The standard InChI is InChI=1S/C12H10BrClN2/c13-9-4-5-11(14)12(7-9)16-8-10-3-1-2-6-15-10/h1-7,16H,8H2. The van der Waals surface area contributed by atoms with Gasteiger partial charge in [0.15, 0.2) is 0 Å². The average Bonchev–Trinajstić information content (AvgIpc) is 2.32. The first kappa shape index (κ1) is 11.4. The van der Waals surface area contributed by atoms with E-state index in [9.17, 15) is 0 Å². The molecule has 0 bridgehead atoms. The van der Waals surface area contributed by atoms with Gasteiger partial charge in [-0.3, -0.25) is 4.98 Å². The highest BCUT2D eigenvalue weighted by Gasteiger charge is 2.00. The van der Waals surface area contributed by atoms with Crippen LogP contribution in [0.5, 0.6) is 0 Å². The van der Waals surface area contributed by atoms with Crippen LogP contribution in [0.2, 0.25) is 5.02 Å². The number of hydrogen-bond acceptors (Lipinski definition) is 2. The normalized spacial score (nSPS) is 10.1. The Morgan fingerprint density at radius 3 is 2.88 bits per heavy atom. The number of rotatable bonds is 3. The maximum Gasteiger partial charge on any atom is 0.0638 e. The molecular weight excluding hydrogens is 288 g/mol. The summed E-state index contributed by atoms with van der Waals surface area (Å²) in [7, 11) is 0. The zero-order valence-corrected chi connectivity index (χ0v) is 10.8. The van der Waals surface area contributed by atoms with Crippen molar-refractivity contribution < 1.29 is 0 Å². The highest BCUT2D eigenvalue weighted by molar-refractivity contribution is 9.10. The van der Waals surface area contributed by atoms with Crippen molar-refractivity contribution in [2.75, 3.05) is 5.32 Å². The monoisotopic (exact) mass is 296 g/mol. The lowest BCUT2D eigenvalue weighted by atomic mass is 10.3. The number of pyridine rings is 1. The first-order valence-corrected chi connectivity index (χ1v) is 6.01. The zero-order chi connectivity index (χ0) is 11.4. The van der Waals surface area contributed by atoms with Crippen LogP contribution in [0.25, 0.3) is 0 Å². The number of nitrogens with one attached hydrogen (secondary N) is 1. The Kier molecular flexibility index (Phi) is 3.80. The maximum absolute atomic E-state index is 6.06. The third kappa shape index (κ3) is 2.97. The molecule has 4 heteroatoms. The Bertz CT molecular complexity index is 474. The van der Waals surface area contributed by atoms with E-state index < -0.39 is 0 Å². The number of aromatic nitrogens is 1. The number of halogens is 2. The molecule has 0 aliphatic carbocycles. The second-order valence-corrected chi connectivity index (χ2v) is 4.62. The Morgan fingerprint density at radius 2 is 2.12 bits per heavy atom. The van der Waals surface area contributed by atoms with Gasteiger partial charge < -0.3 is 5.32 Å². The van der Waals surface area contributed by atoms with E-state index in [-0.39, 0.29) is 0 Å². The molecule has 82 valence electrons. The summed E-state index contributed by atoms with van der Waals surface area (Å²) in [6.07, 6.45) is 1.78. The van der Waals surface area contributed by atoms with Gasteiger partial charge in [-0.25, -0.2) is 0 Å². The number of hydrogen-bond donors (Lipinski definition) is 1. The summed E-state index contributed by atoms with van der Waals surface area (Å²) in [5.41, 5.74) is 1.89. The summed E-state index contributed by atoms with van der Waals surface area (Å²) in [6, 6.07) is 11.5. The Labute approximate surface area is 108 Å². The van der Waals surface area contributed by atoms with Crippen LogP contribution in [0, 0.1) is 0 Å². The predicted molar refractivity (Wildman–Crippen MR) is 70.7 cm³/mol. The van der Waals surface area contributed by atoms with Crippen LogP contribution < -0.4 is 5.32 Å². The smallest absolute Gasteiger partial charge is 0.0638 e. The lowest BCUT2D eigenvalue weighted by molar-refractivity contribution is 1.05. The second kappa shape index (κ2) is 5.32. The van der Waals surface area contributed by atoms with Gasteiger partial charge in [0.05, 0.1) is 22.9 Å². The molecule has 2 nitrogen and oxygen atoms in total. The Hall–Kier alpha value is -1.06. The maximum atomic E-state index is 6.06. The molecule has 0 spiro atoms. The molecule has 1 N–H and O–H groups in total. The van der Waals surface area contributed by atoms with Crippen LogP contribution >= 0.6 is 27.5 Å². The second-order valence-electron chi connectivity index (χ2n) is 3.30. The van der Waals surface area contributed by atoms with Crippen molar-refractivity contribution in [1.29, 1.82) is 0 Å². The molecule has 16 heavy (non-hydrogen) atoms. The van der Waals surface area contributed by atoms with E-state index in [2.05, 4.69) is 26.2 Å². The predicted octanol–water partition coefficient (Wildman–Crippen LogP) is 4.11. The van der Waals surface area contributed by atoms with Crippen molar-refractivity contribution in [3.63, 3.8) is 0 Å². The van der Waals surface area contributed by atoms with Crippen molar-refractivity contribution in [2.24, 2.45) is 0 Å². The summed E-state index contributed by atoms with van der Waals surface area (Å²) in [4.78, 5) is 4.23. The summed E-state index contributed by atoms with van der Waals surface area (Å²) in [5.74, 6) is 0. The van der Waals surface area contributed by atoms with E-state index in [0.29, 0.717) is 11.6 Å². The van der Waals surface area contributed by atoms with E-state index in [4.69, 9.17) is 11.6 Å². The van der Waals surface area contributed by atoms with Crippen molar-refractivity contribution >= 4 is 33.2 Å². The van der Waals surface area contributed by atoms with Crippen molar-refractivity contribution in [1.82, 2.24) is 4.98 Å². The lowest BCUT2D eigenvalue weighted by Crippen LogP contribution is -2.01. The summed E-state index contributed by atoms with van der Waals surface area (Å²) in [5, 5.41) is 3.95. The average molecular weight is 298 g/mol. The van der Waals surface area contributed by atoms with Gasteiger partial charge in [-0.15, -0.1) is 0 Å². The molecule has 0 aliphatic rings. The molecule has 2 rings (SSSR count). The molecule has 0 aliphatic heterocycles. The molecule has 1 aromatic heterocycles. The minimum atomic E-state index is 0.664. The van der Waals surface area contributed by atoms with Crippen molar-refractivity contribution in [2.45, 2.75) is 6.54 Å². The summed E-state index contributed by atoms with van der Waals surface area (Å²) in [6.45, 7) is 0.664. The highest BCUT2D eigenvalue weighted by Crippen LogP contribution is 2.25. The third-order valence-electron chi connectivity index (χ3n) is 2.11. The van der Waals surface area contributed by atoms with Crippen molar-refractivity contribution in [3.8, 4) is 0 Å². The third-order valence-corrected chi connectivity index (χ3v) is 2.94. The molecule has 0 amide bonds. The van der Waals surface area contributed by atoms with E-state index >= 15 is 0 Å². The molecule has 2 aromatic rings. The molecule has 0 unspecified atom stereocenters. The quantitative estimate of drug-likeness (QED) is 0.922. The minimum absolute atomic E-state index is 0.664. The van der Waals surface area contributed by atoms with Crippen LogP contribution in [-0.4, -0.2) is 4.98 Å². The fourth-order valence-corrected chi connectivity index (χ4v) is 1.87.